The summed E-state index contributed by atoms with van der Waals surface area (Å²) in [5.41, 5.74) is 0. The molecular formula is C20H26N2O7S. The molecule has 1 aliphatic carbocycles. The van der Waals surface area contributed by atoms with Gasteiger partial charge in [-0.1, -0.05) is 0 Å². The summed E-state index contributed by atoms with van der Waals surface area (Å²) in [6, 6.07) is 4.78. The maximum atomic E-state index is 13.0. The van der Waals surface area contributed by atoms with Crippen molar-refractivity contribution in [1.29, 1.82) is 0 Å². The Morgan fingerprint density at radius 3 is 2.43 bits per heavy atom. The molecule has 9 nitrogen and oxygen atoms in total. The molecular weight excluding hydrogens is 412 g/mol. The molecule has 1 aromatic rings. The number of esters is 1. The lowest BCUT2D eigenvalue weighted by Gasteiger charge is -2.30. The second-order valence-electron chi connectivity index (χ2n) is 7.85. The van der Waals surface area contributed by atoms with Crippen molar-refractivity contribution in [2.45, 2.75) is 49.6 Å². The molecule has 2 heterocycles. The summed E-state index contributed by atoms with van der Waals surface area (Å²) in [4.78, 5) is 24.5. The van der Waals surface area contributed by atoms with Gasteiger partial charge in [0.25, 0.3) is 5.91 Å². The minimum absolute atomic E-state index is 0.137. The molecule has 4 rings (SSSR count). The number of nitrogens with zero attached hydrogens (tertiary/aromatic N) is 1. The van der Waals surface area contributed by atoms with Gasteiger partial charge in [0.05, 0.1) is 10.8 Å². The lowest BCUT2D eigenvalue weighted by atomic mass is 9.98. The van der Waals surface area contributed by atoms with Crippen LogP contribution in [0.3, 0.4) is 0 Å². The number of carbonyl (C=O) groups is 2. The minimum Gasteiger partial charge on any atom is -0.486 e. The van der Waals surface area contributed by atoms with Crippen LogP contribution in [0.25, 0.3) is 0 Å². The van der Waals surface area contributed by atoms with Gasteiger partial charge in [-0.3, -0.25) is 9.59 Å². The number of amides is 1. The highest BCUT2D eigenvalue weighted by atomic mass is 32.2. The predicted molar refractivity (Wildman–Crippen MR) is 106 cm³/mol. The Bertz CT molecular complexity index is 921. The van der Waals surface area contributed by atoms with Crippen molar-refractivity contribution in [3.8, 4) is 11.5 Å². The molecule has 3 aliphatic rings. The molecule has 0 aromatic heterocycles. The number of fused-ring (bicyclic) bond motifs is 1. The Balaban J connectivity index is 1.33. The summed E-state index contributed by atoms with van der Waals surface area (Å²) in [7, 11) is -3.71. The minimum atomic E-state index is -3.71. The molecule has 0 radical (unpaired) electrons. The van der Waals surface area contributed by atoms with Crippen LogP contribution in [-0.2, 0) is 24.3 Å². The van der Waals surface area contributed by atoms with Gasteiger partial charge in [-0.2, -0.15) is 4.31 Å². The van der Waals surface area contributed by atoms with Gasteiger partial charge in [-0.15, -0.1) is 0 Å². The lowest BCUT2D eigenvalue weighted by molar-refractivity contribution is -0.159. The van der Waals surface area contributed by atoms with Crippen molar-refractivity contribution in [3.05, 3.63) is 18.2 Å². The average Bonchev–Trinajstić information content (AvgIpc) is 3.57. The van der Waals surface area contributed by atoms with Crippen molar-refractivity contribution in [3.63, 3.8) is 0 Å². The van der Waals surface area contributed by atoms with Gasteiger partial charge in [0.1, 0.15) is 13.2 Å². The molecule has 1 atom stereocenters. The van der Waals surface area contributed by atoms with E-state index in [2.05, 4.69) is 5.32 Å². The van der Waals surface area contributed by atoms with Crippen LogP contribution >= 0.6 is 0 Å². The lowest BCUT2D eigenvalue weighted by Crippen LogP contribution is -2.42. The molecule has 1 saturated carbocycles. The first-order valence-corrected chi connectivity index (χ1v) is 11.7. The Labute approximate surface area is 175 Å². The standard InChI is InChI=1S/C20H26N2O7S/c1-13(19(23)21-15-2-3-15)29-20(24)14-6-8-22(9-7-14)30(25,26)16-4-5-17-18(12-16)28-11-10-27-17/h4-5,12-15H,2-3,6-11H2,1H3,(H,21,23)/t13-/m0/s1. The van der Waals surface area contributed by atoms with Crippen LogP contribution in [0.4, 0.5) is 0 Å². The summed E-state index contributed by atoms with van der Waals surface area (Å²) in [6.45, 7) is 2.78. The van der Waals surface area contributed by atoms with E-state index < -0.39 is 28.0 Å². The normalized spacial score (nSPS) is 21.0. The number of hydrogen-bond acceptors (Lipinski definition) is 7. The molecule has 1 N–H and O–H groups in total. The molecule has 1 amide bonds. The first-order chi connectivity index (χ1) is 14.3. The number of nitrogens with one attached hydrogen (secondary N) is 1. The van der Waals surface area contributed by atoms with Gasteiger partial charge in [-0.05, 0) is 44.7 Å². The number of piperidine rings is 1. The summed E-state index contributed by atoms with van der Waals surface area (Å²) in [6.07, 6.45) is 1.77. The number of rotatable bonds is 6. The van der Waals surface area contributed by atoms with Crippen LogP contribution in [-0.4, -0.2) is 63.0 Å². The van der Waals surface area contributed by atoms with E-state index in [4.69, 9.17) is 14.2 Å². The quantitative estimate of drug-likeness (QED) is 0.661. The van der Waals surface area contributed by atoms with Crippen molar-refractivity contribution in [2.75, 3.05) is 26.3 Å². The smallest absolute Gasteiger partial charge is 0.309 e. The first kappa shape index (κ1) is 20.9. The topological polar surface area (TPSA) is 111 Å². The van der Waals surface area contributed by atoms with Crippen molar-refractivity contribution in [1.82, 2.24) is 9.62 Å². The zero-order valence-corrected chi connectivity index (χ0v) is 17.7. The van der Waals surface area contributed by atoms with Crippen LogP contribution < -0.4 is 14.8 Å². The molecule has 2 fully saturated rings. The molecule has 0 unspecified atom stereocenters. The number of sulfonamides is 1. The van der Waals surface area contributed by atoms with E-state index in [1.165, 1.54) is 16.4 Å². The largest absolute Gasteiger partial charge is 0.486 e. The van der Waals surface area contributed by atoms with E-state index in [0.29, 0.717) is 37.6 Å². The van der Waals surface area contributed by atoms with E-state index in [1.54, 1.807) is 13.0 Å². The highest BCUT2D eigenvalue weighted by Gasteiger charge is 2.35. The van der Waals surface area contributed by atoms with Crippen LogP contribution in [0.15, 0.2) is 23.1 Å². The fraction of sp³-hybridized carbons (Fsp3) is 0.600. The molecule has 1 saturated heterocycles. The summed E-state index contributed by atoms with van der Waals surface area (Å²) >= 11 is 0. The maximum Gasteiger partial charge on any atom is 0.309 e. The van der Waals surface area contributed by atoms with E-state index in [1.807, 2.05) is 0 Å². The number of hydrogen-bond donors (Lipinski definition) is 1. The summed E-state index contributed by atoms with van der Waals surface area (Å²) in [5, 5.41) is 2.81. The van der Waals surface area contributed by atoms with Gasteiger partial charge in [0.15, 0.2) is 17.6 Å². The molecule has 2 aliphatic heterocycles. The van der Waals surface area contributed by atoms with E-state index in [9.17, 15) is 18.0 Å². The summed E-state index contributed by atoms with van der Waals surface area (Å²) < 4.78 is 43.6. The van der Waals surface area contributed by atoms with E-state index >= 15 is 0 Å². The highest BCUT2D eigenvalue weighted by molar-refractivity contribution is 7.89. The van der Waals surface area contributed by atoms with Gasteiger partial charge < -0.3 is 19.5 Å². The summed E-state index contributed by atoms with van der Waals surface area (Å²) in [5.74, 6) is -0.220. The first-order valence-electron chi connectivity index (χ1n) is 10.3. The molecule has 30 heavy (non-hydrogen) atoms. The van der Waals surface area contributed by atoms with Gasteiger partial charge in [0, 0.05) is 25.2 Å². The maximum absolute atomic E-state index is 13.0. The van der Waals surface area contributed by atoms with Crippen LogP contribution in [0.2, 0.25) is 0 Å². The average molecular weight is 439 g/mol. The number of ether oxygens (including phenoxy) is 3. The zero-order chi connectivity index (χ0) is 21.3. The third-order valence-corrected chi connectivity index (χ3v) is 7.42. The van der Waals surface area contributed by atoms with Crippen LogP contribution in [0.1, 0.15) is 32.6 Å². The molecule has 1 aromatic carbocycles. The van der Waals surface area contributed by atoms with Crippen molar-refractivity contribution >= 4 is 21.9 Å². The van der Waals surface area contributed by atoms with Crippen molar-refractivity contribution < 1.29 is 32.2 Å². The third-order valence-electron chi connectivity index (χ3n) is 5.52. The number of carbonyl (C=O) groups excluding carboxylic acids is 2. The highest BCUT2D eigenvalue weighted by Crippen LogP contribution is 2.34. The van der Waals surface area contributed by atoms with E-state index in [-0.39, 0.29) is 29.9 Å². The Hall–Kier alpha value is -2.33. The van der Waals surface area contributed by atoms with Crippen LogP contribution in [0.5, 0.6) is 11.5 Å². The predicted octanol–water partition coefficient (Wildman–Crippen LogP) is 1.07. The molecule has 0 spiro atoms. The van der Waals surface area contributed by atoms with Crippen molar-refractivity contribution in [2.24, 2.45) is 5.92 Å². The van der Waals surface area contributed by atoms with E-state index in [0.717, 1.165) is 12.8 Å². The van der Waals surface area contributed by atoms with Gasteiger partial charge in [0.2, 0.25) is 10.0 Å². The molecule has 164 valence electrons. The molecule has 0 bridgehead atoms. The SMILES string of the molecule is C[C@H](OC(=O)C1CCN(S(=O)(=O)c2ccc3c(c2)OCCO3)CC1)C(=O)NC1CC1. The number of benzene rings is 1. The van der Waals surface area contributed by atoms with Gasteiger partial charge >= 0.3 is 5.97 Å². The second kappa shape index (κ2) is 8.43. The van der Waals surface area contributed by atoms with Crippen LogP contribution in [0, 0.1) is 5.92 Å². The third kappa shape index (κ3) is 4.54. The Kier molecular flexibility index (Phi) is 5.88. The fourth-order valence-corrected chi connectivity index (χ4v) is 5.02. The Morgan fingerprint density at radius 1 is 1.10 bits per heavy atom. The Morgan fingerprint density at radius 2 is 1.77 bits per heavy atom. The van der Waals surface area contributed by atoms with Gasteiger partial charge in [-0.25, -0.2) is 8.42 Å². The fourth-order valence-electron chi connectivity index (χ4n) is 3.54. The monoisotopic (exact) mass is 438 g/mol. The second-order valence-corrected chi connectivity index (χ2v) is 9.78. The zero-order valence-electron chi connectivity index (χ0n) is 16.8. The molecule has 10 heteroatoms.